The van der Waals surface area contributed by atoms with Crippen molar-refractivity contribution in [2.45, 2.75) is 25.7 Å². The molecule has 0 aromatic heterocycles. The predicted molar refractivity (Wildman–Crippen MR) is 146 cm³/mol. The molecule has 0 saturated heterocycles. The van der Waals surface area contributed by atoms with E-state index >= 15 is 0 Å². The van der Waals surface area contributed by atoms with Gasteiger partial charge in [0, 0.05) is 5.92 Å². The second-order valence-electron chi connectivity index (χ2n) is 8.52. The number of amides is 1. The van der Waals surface area contributed by atoms with E-state index in [9.17, 15) is 4.79 Å². The van der Waals surface area contributed by atoms with E-state index in [4.69, 9.17) is 5.73 Å². The summed E-state index contributed by atoms with van der Waals surface area (Å²) in [6.45, 7) is 0. The molecule has 186 valence electrons. The van der Waals surface area contributed by atoms with Gasteiger partial charge in [0.05, 0.1) is 5.91 Å². The SMILES string of the molecule is [Cl-].[Cl-].[Hf+4].[NH-]C(=O)C1CCCC1.c1ccc([Si]c2ccccc2)cc1.c1ccc2c(c1)[cH-]c1ccccc12. The van der Waals surface area contributed by atoms with E-state index in [0.29, 0.717) is 0 Å². The molecule has 1 aliphatic rings. The average Bonchev–Trinajstić information content (AvgIpc) is 3.55. The van der Waals surface area contributed by atoms with Crippen LogP contribution in [-0.4, -0.2) is 15.4 Å². The zero-order valence-corrected chi connectivity index (χ0v) is 26.6. The van der Waals surface area contributed by atoms with Crippen molar-refractivity contribution >= 4 is 47.3 Å². The molecule has 2 nitrogen and oxygen atoms in total. The van der Waals surface area contributed by atoms with Gasteiger partial charge < -0.3 is 35.3 Å². The Bertz CT molecular complexity index is 1230. The van der Waals surface area contributed by atoms with Crippen molar-refractivity contribution in [1.29, 1.82) is 0 Å². The van der Waals surface area contributed by atoms with Crippen molar-refractivity contribution < 1.29 is 55.5 Å². The van der Waals surface area contributed by atoms with E-state index in [-0.39, 0.29) is 62.5 Å². The van der Waals surface area contributed by atoms with Crippen LogP contribution >= 0.6 is 0 Å². The standard InChI is InChI=1S/C13H9.C12H10Si.C6H11NO.2ClH.Hf/c1-3-7-12-10(5-1)9-11-6-2-4-8-13(11)12;1-3-7-11(8-4-1)13-12-9-5-2-6-10-12;7-6(8)5-3-1-2-4-5;;;/h1-9H;1-10H;5H,1-4H2,(H2,7,8);2*1H;/q-1;;;;;+4/p-3. The van der Waals surface area contributed by atoms with Gasteiger partial charge >= 0.3 is 25.8 Å². The Hall–Kier alpha value is -2.11. The average molecular weight is 709 g/mol. The van der Waals surface area contributed by atoms with E-state index in [1.807, 2.05) is 0 Å². The van der Waals surface area contributed by atoms with Gasteiger partial charge in [-0.25, -0.2) is 0 Å². The fraction of sp³-hybridized carbons (Fsp3) is 0.161. The van der Waals surface area contributed by atoms with Gasteiger partial charge in [-0.2, -0.15) is 0 Å². The van der Waals surface area contributed by atoms with Gasteiger partial charge in [-0.05, 0) is 12.8 Å². The first kappa shape index (κ1) is 32.9. The van der Waals surface area contributed by atoms with Crippen LogP contribution in [0.15, 0.2) is 115 Å². The van der Waals surface area contributed by atoms with Crippen LogP contribution in [0.2, 0.25) is 0 Å². The zero-order valence-electron chi connectivity index (χ0n) is 20.5. The van der Waals surface area contributed by atoms with Gasteiger partial charge in [0.15, 0.2) is 0 Å². The fourth-order valence-corrected chi connectivity index (χ4v) is 5.35. The molecule has 1 fully saturated rings. The van der Waals surface area contributed by atoms with Crippen LogP contribution in [0.3, 0.4) is 0 Å². The minimum Gasteiger partial charge on any atom is -1.00 e. The summed E-state index contributed by atoms with van der Waals surface area (Å²) < 4.78 is 0. The topological polar surface area (TPSA) is 40.9 Å². The molecule has 5 aromatic carbocycles. The second-order valence-corrected chi connectivity index (χ2v) is 9.93. The molecule has 1 N–H and O–H groups in total. The predicted octanol–water partition coefficient (Wildman–Crippen LogP) is 0.814. The molecule has 0 unspecified atom stereocenters. The Labute approximate surface area is 253 Å². The molecule has 0 atom stereocenters. The molecule has 0 heterocycles. The Kier molecular flexibility index (Phi) is 15.5. The molecule has 0 aliphatic heterocycles. The smallest absolute Gasteiger partial charge is 1.00 e. The maximum Gasteiger partial charge on any atom is 4.00 e. The van der Waals surface area contributed by atoms with Crippen molar-refractivity contribution in [3.63, 3.8) is 0 Å². The van der Waals surface area contributed by atoms with Crippen molar-refractivity contribution in [3.05, 3.63) is 121 Å². The normalized spacial score (nSPS) is 12.0. The van der Waals surface area contributed by atoms with Crippen LogP contribution in [-0.2, 0) is 30.6 Å². The molecular formula is C31H29Cl2HfNOSi. The van der Waals surface area contributed by atoms with Crippen molar-refractivity contribution in [3.8, 4) is 0 Å². The first-order valence-corrected chi connectivity index (χ1v) is 12.9. The zero-order chi connectivity index (χ0) is 23.6. The monoisotopic (exact) mass is 709 g/mol. The van der Waals surface area contributed by atoms with Gasteiger partial charge in [0.1, 0.15) is 9.52 Å². The number of fused-ring (bicyclic) bond motifs is 3. The summed E-state index contributed by atoms with van der Waals surface area (Å²) in [6.07, 6.45) is 4.22. The van der Waals surface area contributed by atoms with Crippen LogP contribution in [0.5, 0.6) is 0 Å². The number of rotatable bonds is 3. The van der Waals surface area contributed by atoms with Crippen LogP contribution in [0.1, 0.15) is 25.7 Å². The van der Waals surface area contributed by atoms with Crippen LogP contribution in [0.25, 0.3) is 27.3 Å². The molecule has 6 heteroatoms. The molecule has 0 spiro atoms. The summed E-state index contributed by atoms with van der Waals surface area (Å²) in [5.41, 5.74) is 6.74. The van der Waals surface area contributed by atoms with Crippen LogP contribution < -0.4 is 35.2 Å². The Balaban J connectivity index is 0.000000275. The molecule has 2 radical (unpaired) electrons. The summed E-state index contributed by atoms with van der Waals surface area (Å²) in [7, 11) is 0.777. The number of hydrogen-bond donors (Lipinski definition) is 0. The van der Waals surface area contributed by atoms with Gasteiger partial charge in [0.25, 0.3) is 0 Å². The number of hydrogen-bond acceptors (Lipinski definition) is 1. The summed E-state index contributed by atoms with van der Waals surface area (Å²) in [4.78, 5) is 10.3. The Morgan fingerprint density at radius 3 is 1.41 bits per heavy atom. The maximum atomic E-state index is 10.3. The number of nitrogens with one attached hydrogen (secondary N) is 1. The minimum absolute atomic E-state index is 0. The molecule has 1 amide bonds. The second kappa shape index (κ2) is 17.4. The van der Waals surface area contributed by atoms with Crippen molar-refractivity contribution in [1.82, 2.24) is 0 Å². The summed E-state index contributed by atoms with van der Waals surface area (Å²) in [5.74, 6) is -0.266. The van der Waals surface area contributed by atoms with E-state index in [2.05, 4.69) is 115 Å². The number of halogens is 2. The minimum atomic E-state index is -0.359. The summed E-state index contributed by atoms with van der Waals surface area (Å²) >= 11 is 0. The Morgan fingerprint density at radius 1 is 0.649 bits per heavy atom. The molecule has 1 saturated carbocycles. The number of carbonyl (C=O) groups is 1. The van der Waals surface area contributed by atoms with E-state index < -0.39 is 0 Å². The van der Waals surface area contributed by atoms with Crippen molar-refractivity contribution in [2.24, 2.45) is 5.92 Å². The van der Waals surface area contributed by atoms with E-state index in [1.165, 1.54) is 31.9 Å². The van der Waals surface area contributed by atoms with Gasteiger partial charge in [-0.15, -0.1) is 39.7 Å². The summed E-state index contributed by atoms with van der Waals surface area (Å²) in [6, 6.07) is 40.4. The molecule has 0 bridgehead atoms. The summed E-state index contributed by atoms with van der Waals surface area (Å²) in [5, 5.41) is 8.19. The van der Waals surface area contributed by atoms with Gasteiger partial charge in [0.2, 0.25) is 0 Å². The molecule has 5 aromatic rings. The largest absolute Gasteiger partial charge is 4.00 e. The number of benzene rings is 4. The molecule has 1 aliphatic carbocycles. The van der Waals surface area contributed by atoms with Crippen molar-refractivity contribution in [2.75, 3.05) is 0 Å². The van der Waals surface area contributed by atoms with E-state index in [1.54, 1.807) is 0 Å². The quantitative estimate of drug-likeness (QED) is 0.202. The van der Waals surface area contributed by atoms with Crippen LogP contribution in [0.4, 0.5) is 0 Å². The molecule has 6 rings (SSSR count). The maximum absolute atomic E-state index is 10.3. The molecular weight excluding hydrogens is 680 g/mol. The first-order valence-electron chi connectivity index (χ1n) is 11.9. The van der Waals surface area contributed by atoms with E-state index in [0.717, 1.165) is 35.2 Å². The fourth-order valence-electron chi connectivity index (χ4n) is 4.30. The third-order valence-electron chi connectivity index (χ3n) is 6.08. The molecule has 37 heavy (non-hydrogen) atoms. The van der Waals surface area contributed by atoms with Gasteiger partial charge in [-0.3, -0.25) is 0 Å². The third-order valence-corrected chi connectivity index (χ3v) is 7.33. The van der Waals surface area contributed by atoms with Gasteiger partial charge in [-0.1, -0.05) is 120 Å². The number of carbonyl (C=O) groups excluding carboxylic acids is 1. The third kappa shape index (κ3) is 9.94. The Morgan fingerprint density at radius 2 is 1.03 bits per heavy atom. The first-order chi connectivity index (χ1) is 16.7. The van der Waals surface area contributed by atoms with Crippen LogP contribution in [0, 0.1) is 5.92 Å².